The molecule has 1 aliphatic rings. The summed E-state index contributed by atoms with van der Waals surface area (Å²) in [6.07, 6.45) is 7.10. The zero-order chi connectivity index (χ0) is 17.8. The van der Waals surface area contributed by atoms with Crippen molar-refractivity contribution in [1.29, 1.82) is 0 Å². The second-order valence-corrected chi connectivity index (χ2v) is 6.94. The lowest BCUT2D eigenvalue weighted by Gasteiger charge is -2.20. The molecule has 2 aromatic heterocycles. The number of hydrogen-bond donors (Lipinski definition) is 3. The molecule has 4 rings (SSSR count). The molecule has 6 nitrogen and oxygen atoms in total. The highest BCUT2D eigenvalue weighted by molar-refractivity contribution is 5.83. The Morgan fingerprint density at radius 2 is 2.23 bits per heavy atom. The third-order valence-corrected chi connectivity index (χ3v) is 5.07. The average molecular weight is 351 g/mol. The predicted molar refractivity (Wildman–Crippen MR) is 102 cm³/mol. The van der Waals surface area contributed by atoms with Gasteiger partial charge in [-0.05, 0) is 43.5 Å². The fourth-order valence-corrected chi connectivity index (χ4v) is 3.67. The van der Waals surface area contributed by atoms with Crippen LogP contribution in [0.2, 0.25) is 0 Å². The molecule has 3 aromatic rings. The summed E-state index contributed by atoms with van der Waals surface area (Å²) >= 11 is 0. The number of aromatic amines is 1. The van der Waals surface area contributed by atoms with Crippen LogP contribution < -0.4 is 10.6 Å². The second-order valence-electron chi connectivity index (χ2n) is 6.94. The number of rotatable bonds is 6. The maximum Gasteiger partial charge on any atom is 0.241 e. The van der Waals surface area contributed by atoms with E-state index in [0.717, 1.165) is 30.7 Å². The van der Waals surface area contributed by atoms with Crippen molar-refractivity contribution in [3.8, 4) is 0 Å². The molecule has 1 aliphatic heterocycles. The van der Waals surface area contributed by atoms with Gasteiger partial charge in [0.25, 0.3) is 0 Å². The quantitative estimate of drug-likeness (QED) is 0.637. The Hall–Kier alpha value is -2.60. The average Bonchev–Trinajstić information content (AvgIpc) is 3.30. The van der Waals surface area contributed by atoms with Gasteiger partial charge in [0.2, 0.25) is 5.91 Å². The lowest BCUT2D eigenvalue weighted by molar-refractivity contribution is -0.121. The van der Waals surface area contributed by atoms with Crippen LogP contribution in [0, 0.1) is 0 Å². The molecule has 1 aromatic carbocycles. The molecule has 136 valence electrons. The standard InChI is InChI=1S/C20H25N5O/c26-20(14-25-11-8-18(24-25)16-4-3-9-21-12-16)22-10-7-15-13-23-19-6-2-1-5-17(15)19/h1-2,5-6,8,11,13,16,21,23H,3-4,7,9-10,12,14H2,(H,22,26). The number of nitrogens with one attached hydrogen (secondary N) is 3. The molecule has 26 heavy (non-hydrogen) atoms. The highest BCUT2D eigenvalue weighted by Gasteiger charge is 2.17. The van der Waals surface area contributed by atoms with Crippen molar-refractivity contribution in [2.24, 2.45) is 0 Å². The van der Waals surface area contributed by atoms with Crippen LogP contribution in [0.4, 0.5) is 0 Å². The number of piperidine rings is 1. The molecule has 1 atom stereocenters. The monoisotopic (exact) mass is 351 g/mol. The zero-order valence-corrected chi connectivity index (χ0v) is 14.9. The molecule has 1 amide bonds. The van der Waals surface area contributed by atoms with Gasteiger partial charge in [-0.3, -0.25) is 9.48 Å². The van der Waals surface area contributed by atoms with Gasteiger partial charge in [0, 0.05) is 42.3 Å². The molecule has 0 saturated carbocycles. The van der Waals surface area contributed by atoms with E-state index in [2.05, 4.69) is 32.8 Å². The Labute approximate surface area is 153 Å². The van der Waals surface area contributed by atoms with Gasteiger partial charge < -0.3 is 15.6 Å². The van der Waals surface area contributed by atoms with Crippen LogP contribution in [0.1, 0.15) is 30.0 Å². The molecule has 1 fully saturated rings. The lowest BCUT2D eigenvalue weighted by Crippen LogP contribution is -2.30. The van der Waals surface area contributed by atoms with E-state index in [4.69, 9.17) is 0 Å². The van der Waals surface area contributed by atoms with E-state index in [9.17, 15) is 4.79 Å². The SMILES string of the molecule is O=C(Cn1ccc(C2CCCNC2)n1)NCCc1c[nH]c2ccccc12. The van der Waals surface area contributed by atoms with Gasteiger partial charge in [0.15, 0.2) is 0 Å². The van der Waals surface area contributed by atoms with Crippen molar-refractivity contribution in [1.82, 2.24) is 25.4 Å². The van der Waals surface area contributed by atoms with Crippen LogP contribution in [-0.4, -0.2) is 40.3 Å². The molecule has 1 saturated heterocycles. The number of nitrogens with zero attached hydrogens (tertiary/aromatic N) is 2. The number of para-hydroxylation sites is 1. The molecule has 0 bridgehead atoms. The number of H-pyrrole nitrogens is 1. The Morgan fingerprint density at radius 3 is 3.12 bits per heavy atom. The summed E-state index contributed by atoms with van der Waals surface area (Å²) in [7, 11) is 0. The third-order valence-electron chi connectivity index (χ3n) is 5.07. The van der Waals surface area contributed by atoms with Crippen molar-refractivity contribution in [2.45, 2.75) is 31.7 Å². The van der Waals surface area contributed by atoms with Crippen LogP contribution in [0.5, 0.6) is 0 Å². The van der Waals surface area contributed by atoms with E-state index in [1.807, 2.05) is 30.6 Å². The third kappa shape index (κ3) is 3.80. The Bertz CT molecular complexity index is 875. The van der Waals surface area contributed by atoms with Gasteiger partial charge >= 0.3 is 0 Å². The highest BCUT2D eigenvalue weighted by Crippen LogP contribution is 2.21. The van der Waals surface area contributed by atoms with E-state index in [1.165, 1.54) is 23.8 Å². The molecule has 0 spiro atoms. The number of benzene rings is 1. The van der Waals surface area contributed by atoms with Gasteiger partial charge in [-0.2, -0.15) is 5.10 Å². The molecule has 0 aliphatic carbocycles. The predicted octanol–water partition coefficient (Wildman–Crippen LogP) is 2.19. The largest absolute Gasteiger partial charge is 0.361 e. The minimum absolute atomic E-state index is 0.00117. The van der Waals surface area contributed by atoms with Crippen molar-refractivity contribution < 1.29 is 4.79 Å². The van der Waals surface area contributed by atoms with Crippen LogP contribution in [0.15, 0.2) is 42.7 Å². The molecular weight excluding hydrogens is 326 g/mol. The van der Waals surface area contributed by atoms with Gasteiger partial charge in [-0.25, -0.2) is 0 Å². The van der Waals surface area contributed by atoms with E-state index >= 15 is 0 Å². The summed E-state index contributed by atoms with van der Waals surface area (Å²) in [5, 5.41) is 12.2. The maximum atomic E-state index is 12.2. The van der Waals surface area contributed by atoms with Crippen molar-refractivity contribution in [3.63, 3.8) is 0 Å². The summed E-state index contributed by atoms with van der Waals surface area (Å²) in [5.41, 5.74) is 3.45. The number of carbonyl (C=O) groups is 1. The molecule has 3 heterocycles. The number of fused-ring (bicyclic) bond motifs is 1. The number of amides is 1. The van der Waals surface area contributed by atoms with Crippen LogP contribution in [-0.2, 0) is 17.8 Å². The van der Waals surface area contributed by atoms with E-state index in [1.54, 1.807) is 4.68 Å². The van der Waals surface area contributed by atoms with Crippen molar-refractivity contribution >= 4 is 16.8 Å². The van der Waals surface area contributed by atoms with Crippen molar-refractivity contribution in [3.05, 3.63) is 54.0 Å². The zero-order valence-electron chi connectivity index (χ0n) is 14.9. The Balaban J connectivity index is 1.27. The summed E-state index contributed by atoms with van der Waals surface area (Å²) in [6, 6.07) is 10.3. The lowest BCUT2D eigenvalue weighted by atomic mass is 9.97. The highest BCUT2D eigenvalue weighted by atomic mass is 16.2. The van der Waals surface area contributed by atoms with Crippen LogP contribution >= 0.6 is 0 Å². The topological polar surface area (TPSA) is 74.7 Å². The van der Waals surface area contributed by atoms with E-state index in [0.29, 0.717) is 12.5 Å². The fraction of sp³-hybridized carbons (Fsp3) is 0.400. The first-order valence-corrected chi connectivity index (χ1v) is 9.35. The van der Waals surface area contributed by atoms with E-state index < -0.39 is 0 Å². The number of aromatic nitrogens is 3. The van der Waals surface area contributed by atoms with Crippen LogP contribution in [0.3, 0.4) is 0 Å². The second kappa shape index (κ2) is 7.74. The van der Waals surface area contributed by atoms with Gasteiger partial charge in [-0.1, -0.05) is 18.2 Å². The smallest absolute Gasteiger partial charge is 0.241 e. The van der Waals surface area contributed by atoms with Gasteiger partial charge in [0.1, 0.15) is 6.54 Å². The molecular formula is C20H25N5O. The minimum Gasteiger partial charge on any atom is -0.361 e. The maximum absolute atomic E-state index is 12.2. The molecule has 1 unspecified atom stereocenters. The molecule has 3 N–H and O–H groups in total. The first-order valence-electron chi connectivity index (χ1n) is 9.35. The minimum atomic E-state index is 0.00117. The summed E-state index contributed by atoms with van der Waals surface area (Å²) in [4.78, 5) is 15.5. The summed E-state index contributed by atoms with van der Waals surface area (Å²) in [6.45, 7) is 2.97. The van der Waals surface area contributed by atoms with Crippen LogP contribution in [0.25, 0.3) is 10.9 Å². The normalized spacial score (nSPS) is 17.5. The molecule has 0 radical (unpaired) electrons. The Morgan fingerprint density at radius 1 is 1.31 bits per heavy atom. The fourth-order valence-electron chi connectivity index (χ4n) is 3.67. The first kappa shape index (κ1) is 16.8. The summed E-state index contributed by atoms with van der Waals surface area (Å²) in [5.74, 6) is 0.469. The van der Waals surface area contributed by atoms with Gasteiger partial charge in [0.05, 0.1) is 5.69 Å². The molecule has 6 heteroatoms. The van der Waals surface area contributed by atoms with Gasteiger partial charge in [-0.15, -0.1) is 0 Å². The number of carbonyl (C=O) groups excluding carboxylic acids is 1. The Kier molecular flexibility index (Phi) is 5.02. The van der Waals surface area contributed by atoms with E-state index in [-0.39, 0.29) is 12.5 Å². The first-order chi connectivity index (χ1) is 12.8. The summed E-state index contributed by atoms with van der Waals surface area (Å²) < 4.78 is 1.74. The van der Waals surface area contributed by atoms with Crippen molar-refractivity contribution in [2.75, 3.05) is 19.6 Å². The number of hydrogen-bond acceptors (Lipinski definition) is 3.